The molecule has 0 bridgehead atoms. The van der Waals surface area contributed by atoms with Gasteiger partial charge in [0.15, 0.2) is 0 Å². The molecular formula is C23H29N3O3. The second kappa shape index (κ2) is 8.64. The summed E-state index contributed by atoms with van der Waals surface area (Å²) < 4.78 is 7.20. The molecule has 154 valence electrons. The van der Waals surface area contributed by atoms with E-state index in [2.05, 4.69) is 25.4 Å². The van der Waals surface area contributed by atoms with Crippen LogP contribution in [-0.4, -0.2) is 22.2 Å². The molecule has 3 rings (SSSR count). The highest BCUT2D eigenvalue weighted by Crippen LogP contribution is 2.44. The second-order valence-corrected chi connectivity index (χ2v) is 7.62. The number of carbonyl (C=O) groups excluding carboxylic acids is 1. The fourth-order valence-electron chi connectivity index (χ4n) is 4.25. The van der Waals surface area contributed by atoms with Crippen molar-refractivity contribution >= 4 is 11.8 Å². The van der Waals surface area contributed by atoms with Crippen LogP contribution in [0.1, 0.15) is 57.5 Å². The number of hydrogen-bond acceptors (Lipinski definition) is 4. The van der Waals surface area contributed by atoms with E-state index in [0.717, 1.165) is 30.7 Å². The highest BCUT2D eigenvalue weighted by atomic mass is 16.6. The van der Waals surface area contributed by atoms with Crippen molar-refractivity contribution < 1.29 is 9.53 Å². The van der Waals surface area contributed by atoms with Crippen LogP contribution in [-0.2, 0) is 16.8 Å². The van der Waals surface area contributed by atoms with E-state index in [1.54, 1.807) is 10.6 Å². The normalized spacial score (nSPS) is 16.9. The highest BCUT2D eigenvalue weighted by Gasteiger charge is 2.42. The highest BCUT2D eigenvalue weighted by molar-refractivity contribution is 5.87. The molecule has 0 saturated carbocycles. The second-order valence-electron chi connectivity index (χ2n) is 7.62. The lowest BCUT2D eigenvalue weighted by atomic mass is 9.79. The van der Waals surface area contributed by atoms with E-state index in [4.69, 9.17) is 4.74 Å². The number of hydrogen-bond donors (Lipinski definition) is 0. The van der Waals surface area contributed by atoms with Gasteiger partial charge in [0, 0.05) is 18.0 Å². The molecule has 0 radical (unpaired) electrons. The zero-order chi connectivity index (χ0) is 21.0. The fraction of sp³-hybridized carbons (Fsp3) is 0.435. The van der Waals surface area contributed by atoms with Gasteiger partial charge in [-0.25, -0.2) is 9.78 Å². The molecule has 1 amide bonds. The summed E-state index contributed by atoms with van der Waals surface area (Å²) in [5.74, 6) is 0.819. The number of rotatable bonds is 7. The molecular weight excluding hydrogens is 366 g/mol. The average Bonchev–Trinajstić information content (AvgIpc) is 3.04. The Morgan fingerprint density at radius 2 is 2.03 bits per heavy atom. The molecule has 1 aromatic heterocycles. The number of nitrogens with zero attached hydrogens (tertiary/aromatic N) is 3. The minimum Gasteiger partial charge on any atom is -0.444 e. The molecule has 29 heavy (non-hydrogen) atoms. The number of carbonyl (C=O) groups is 1. The van der Waals surface area contributed by atoms with Gasteiger partial charge in [-0.15, -0.1) is 6.58 Å². The molecule has 2 heterocycles. The Labute approximate surface area is 171 Å². The summed E-state index contributed by atoms with van der Waals surface area (Å²) in [5, 5.41) is 0. The topological polar surface area (TPSA) is 64.4 Å². The Balaban J connectivity index is 1.92. The lowest BCUT2D eigenvalue weighted by Crippen LogP contribution is -2.38. The lowest BCUT2D eigenvalue weighted by molar-refractivity contribution is 0.147. The molecule has 1 atom stereocenters. The van der Waals surface area contributed by atoms with Crippen LogP contribution in [0.4, 0.5) is 10.5 Å². The van der Waals surface area contributed by atoms with Crippen LogP contribution in [0.25, 0.3) is 0 Å². The van der Waals surface area contributed by atoms with Gasteiger partial charge in [-0.05, 0) is 31.7 Å². The van der Waals surface area contributed by atoms with E-state index in [1.807, 2.05) is 37.3 Å². The fourth-order valence-corrected chi connectivity index (χ4v) is 4.25. The van der Waals surface area contributed by atoms with Gasteiger partial charge < -0.3 is 4.74 Å². The smallest absolute Gasteiger partial charge is 0.415 e. The van der Waals surface area contributed by atoms with Gasteiger partial charge in [-0.3, -0.25) is 14.3 Å². The molecule has 0 saturated heterocycles. The van der Waals surface area contributed by atoms with Crippen molar-refractivity contribution in [2.75, 3.05) is 11.4 Å². The Morgan fingerprint density at radius 3 is 2.66 bits per heavy atom. The summed E-state index contributed by atoms with van der Waals surface area (Å²) in [6.07, 6.45) is 5.23. The van der Waals surface area contributed by atoms with Gasteiger partial charge in [0.25, 0.3) is 5.56 Å². The van der Waals surface area contributed by atoms with Crippen molar-refractivity contribution in [2.24, 2.45) is 0 Å². The molecule has 0 aliphatic carbocycles. The Bertz CT molecular complexity index is 932. The number of ether oxygens (including phenoxy) is 1. The van der Waals surface area contributed by atoms with E-state index < -0.39 is 6.09 Å². The van der Waals surface area contributed by atoms with Gasteiger partial charge in [0.2, 0.25) is 0 Å². The molecule has 0 N–H and O–H groups in total. The molecule has 1 unspecified atom stereocenters. The maximum Gasteiger partial charge on any atom is 0.415 e. The Hall–Kier alpha value is -2.89. The summed E-state index contributed by atoms with van der Waals surface area (Å²) in [7, 11) is 0. The third-order valence-electron chi connectivity index (χ3n) is 5.96. The average molecular weight is 396 g/mol. The van der Waals surface area contributed by atoms with E-state index in [1.165, 1.54) is 11.1 Å². The summed E-state index contributed by atoms with van der Waals surface area (Å²) in [5.41, 5.74) is 0.813. The number of anilines is 1. The van der Waals surface area contributed by atoms with Crippen LogP contribution in [0.3, 0.4) is 0 Å². The monoisotopic (exact) mass is 395 g/mol. The predicted molar refractivity (Wildman–Crippen MR) is 114 cm³/mol. The number of amides is 1. The van der Waals surface area contributed by atoms with Crippen molar-refractivity contribution in [3.63, 3.8) is 0 Å². The maximum absolute atomic E-state index is 13.3. The van der Waals surface area contributed by atoms with Crippen LogP contribution < -0.4 is 10.5 Å². The van der Waals surface area contributed by atoms with Gasteiger partial charge >= 0.3 is 6.09 Å². The van der Waals surface area contributed by atoms with Crippen LogP contribution in [0.2, 0.25) is 0 Å². The molecule has 1 aliphatic heterocycles. The summed E-state index contributed by atoms with van der Waals surface area (Å²) in [4.78, 5) is 32.0. The van der Waals surface area contributed by atoms with Gasteiger partial charge in [-0.1, -0.05) is 50.3 Å². The van der Waals surface area contributed by atoms with E-state index in [0.29, 0.717) is 0 Å². The first-order chi connectivity index (χ1) is 14.0. The third-order valence-corrected chi connectivity index (χ3v) is 5.96. The predicted octanol–water partition coefficient (Wildman–Crippen LogP) is 4.60. The standard InChI is InChI=1S/C23H29N3O3/c1-5-13-25(22(28)29-16-18-11-9-8-10-12-18)19-15-24-21-23(6-2,7-3)14-17(4)26(21)20(19)27/h5,8-12,15,17H,1,6-7,13-14,16H2,2-4H3. The summed E-state index contributed by atoms with van der Waals surface area (Å²) >= 11 is 0. The van der Waals surface area contributed by atoms with Crippen LogP contribution in [0, 0.1) is 0 Å². The molecule has 1 aromatic carbocycles. The first kappa shape index (κ1) is 20.8. The third kappa shape index (κ3) is 3.84. The minimum atomic E-state index is -0.587. The van der Waals surface area contributed by atoms with Crippen molar-refractivity contribution in [3.8, 4) is 0 Å². The van der Waals surface area contributed by atoms with Crippen molar-refractivity contribution in [2.45, 2.75) is 58.1 Å². The molecule has 0 spiro atoms. The quantitative estimate of drug-likeness (QED) is 0.643. The molecule has 6 heteroatoms. The van der Waals surface area contributed by atoms with Crippen molar-refractivity contribution in [1.82, 2.24) is 9.55 Å². The Morgan fingerprint density at radius 1 is 1.34 bits per heavy atom. The number of benzene rings is 1. The van der Waals surface area contributed by atoms with E-state index >= 15 is 0 Å². The molecule has 1 aliphatic rings. The molecule has 2 aromatic rings. The molecule has 0 fully saturated rings. The van der Waals surface area contributed by atoms with Crippen LogP contribution in [0.5, 0.6) is 0 Å². The van der Waals surface area contributed by atoms with Crippen molar-refractivity contribution in [3.05, 3.63) is 70.9 Å². The van der Waals surface area contributed by atoms with E-state index in [-0.39, 0.29) is 35.9 Å². The largest absolute Gasteiger partial charge is 0.444 e. The first-order valence-corrected chi connectivity index (χ1v) is 10.2. The van der Waals surface area contributed by atoms with Crippen LogP contribution >= 0.6 is 0 Å². The number of fused-ring (bicyclic) bond motifs is 1. The SMILES string of the molecule is C=CCN(C(=O)OCc1ccccc1)c1cnc2n(c1=O)C(C)CC2(CC)CC. The maximum atomic E-state index is 13.3. The zero-order valence-corrected chi connectivity index (χ0v) is 17.4. The number of aromatic nitrogens is 2. The van der Waals surface area contributed by atoms with Crippen LogP contribution in [0.15, 0.2) is 54.0 Å². The van der Waals surface area contributed by atoms with E-state index in [9.17, 15) is 9.59 Å². The zero-order valence-electron chi connectivity index (χ0n) is 17.4. The summed E-state index contributed by atoms with van der Waals surface area (Å²) in [6.45, 7) is 10.3. The van der Waals surface area contributed by atoms with Gasteiger partial charge in [0.05, 0.1) is 6.20 Å². The summed E-state index contributed by atoms with van der Waals surface area (Å²) in [6, 6.07) is 9.48. The molecule has 6 nitrogen and oxygen atoms in total. The first-order valence-electron chi connectivity index (χ1n) is 10.2. The van der Waals surface area contributed by atoms with Crippen molar-refractivity contribution in [1.29, 1.82) is 0 Å². The van der Waals surface area contributed by atoms with Gasteiger partial charge in [-0.2, -0.15) is 0 Å². The lowest BCUT2D eigenvalue weighted by Gasteiger charge is -2.26. The van der Waals surface area contributed by atoms with Gasteiger partial charge in [0.1, 0.15) is 18.1 Å². The Kier molecular flexibility index (Phi) is 6.20. The minimum absolute atomic E-state index is 0.0378.